The van der Waals surface area contributed by atoms with Gasteiger partial charge >= 0.3 is 0 Å². The van der Waals surface area contributed by atoms with Gasteiger partial charge in [0, 0.05) is 26.6 Å². The largest absolute Gasteiger partial charge is 0.497 e. The molecule has 2 aromatic rings. The molecule has 0 unspecified atom stereocenters. The first-order chi connectivity index (χ1) is 16.5. The van der Waals surface area contributed by atoms with Gasteiger partial charge in [0.05, 0.1) is 19.1 Å². The second-order valence-electron chi connectivity index (χ2n) is 8.64. The Labute approximate surface area is 209 Å². The summed E-state index contributed by atoms with van der Waals surface area (Å²) in [7, 11) is -0.401. The number of anilines is 1. The summed E-state index contributed by atoms with van der Waals surface area (Å²) in [6.45, 7) is 6.07. The van der Waals surface area contributed by atoms with Gasteiger partial charge in [-0.25, -0.2) is 8.42 Å². The summed E-state index contributed by atoms with van der Waals surface area (Å²) in [5, 5.41) is 2.64. The van der Waals surface area contributed by atoms with Gasteiger partial charge in [-0.3, -0.25) is 13.9 Å². The molecule has 0 aliphatic heterocycles. The van der Waals surface area contributed by atoms with Crippen LogP contribution in [0.3, 0.4) is 0 Å². The van der Waals surface area contributed by atoms with Crippen molar-refractivity contribution in [2.45, 2.75) is 52.6 Å². The van der Waals surface area contributed by atoms with E-state index >= 15 is 0 Å². The highest BCUT2D eigenvalue weighted by atomic mass is 32.2. The number of aryl methyl sites for hydroxylation is 2. The zero-order valence-corrected chi connectivity index (χ0v) is 22.3. The van der Waals surface area contributed by atoms with E-state index in [-0.39, 0.29) is 31.3 Å². The van der Waals surface area contributed by atoms with Gasteiger partial charge in [0.15, 0.2) is 0 Å². The van der Waals surface area contributed by atoms with Gasteiger partial charge in [-0.05, 0) is 61.6 Å². The van der Waals surface area contributed by atoms with Crippen LogP contribution in [0.15, 0.2) is 42.5 Å². The summed E-state index contributed by atoms with van der Waals surface area (Å²) in [5.74, 6) is 0.269. The van der Waals surface area contributed by atoms with Gasteiger partial charge in [0.2, 0.25) is 21.8 Å². The Morgan fingerprint density at radius 1 is 1.09 bits per heavy atom. The summed E-state index contributed by atoms with van der Waals surface area (Å²) in [4.78, 5) is 27.4. The van der Waals surface area contributed by atoms with E-state index in [9.17, 15) is 18.0 Å². The summed E-state index contributed by atoms with van der Waals surface area (Å²) in [6, 6.07) is 12.4. The molecule has 2 aromatic carbocycles. The number of rotatable bonds is 12. The van der Waals surface area contributed by atoms with Crippen molar-refractivity contribution >= 4 is 27.5 Å². The average molecular weight is 504 g/mol. The number of hydrogen-bond acceptors (Lipinski definition) is 5. The van der Waals surface area contributed by atoms with Gasteiger partial charge in [-0.1, -0.05) is 31.2 Å². The maximum atomic E-state index is 13.3. The zero-order valence-electron chi connectivity index (χ0n) is 21.5. The third-order valence-corrected chi connectivity index (χ3v) is 7.11. The highest BCUT2D eigenvalue weighted by Crippen LogP contribution is 2.25. The molecule has 2 amide bonds. The number of nitrogens with one attached hydrogen (secondary N) is 1. The smallest absolute Gasteiger partial charge is 0.242 e. The summed E-state index contributed by atoms with van der Waals surface area (Å²) in [5.41, 5.74) is 3.29. The first-order valence-electron chi connectivity index (χ1n) is 11.7. The van der Waals surface area contributed by atoms with Crippen molar-refractivity contribution in [1.29, 1.82) is 0 Å². The number of likely N-dealkylation sites (N-methyl/N-ethyl adjacent to an activating group) is 1. The van der Waals surface area contributed by atoms with Crippen molar-refractivity contribution < 1.29 is 22.7 Å². The molecule has 1 atom stereocenters. The number of carbonyl (C=O) groups is 2. The normalized spacial score (nSPS) is 12.1. The Balaban J connectivity index is 2.22. The van der Waals surface area contributed by atoms with Crippen LogP contribution in [0.2, 0.25) is 0 Å². The maximum Gasteiger partial charge on any atom is 0.242 e. The van der Waals surface area contributed by atoms with E-state index in [4.69, 9.17) is 4.74 Å². The van der Waals surface area contributed by atoms with Crippen molar-refractivity contribution in [3.8, 4) is 5.75 Å². The van der Waals surface area contributed by atoms with Crippen LogP contribution >= 0.6 is 0 Å². The second kappa shape index (κ2) is 12.6. The van der Waals surface area contributed by atoms with Crippen LogP contribution in [-0.2, 0) is 26.2 Å². The quantitative estimate of drug-likeness (QED) is 0.479. The van der Waals surface area contributed by atoms with Crippen LogP contribution in [0.4, 0.5) is 5.69 Å². The fourth-order valence-electron chi connectivity index (χ4n) is 3.98. The molecule has 35 heavy (non-hydrogen) atoms. The highest BCUT2D eigenvalue weighted by Gasteiger charge is 2.28. The minimum Gasteiger partial charge on any atom is -0.497 e. The summed E-state index contributed by atoms with van der Waals surface area (Å²) >= 11 is 0. The minimum absolute atomic E-state index is 0.112. The van der Waals surface area contributed by atoms with Crippen molar-refractivity contribution in [2.75, 3.05) is 31.3 Å². The van der Waals surface area contributed by atoms with Crippen molar-refractivity contribution in [2.24, 2.45) is 0 Å². The Kier molecular flexibility index (Phi) is 10.1. The van der Waals surface area contributed by atoms with E-state index in [0.29, 0.717) is 24.3 Å². The molecule has 0 bridgehead atoms. The molecule has 0 fully saturated rings. The van der Waals surface area contributed by atoms with E-state index in [1.807, 2.05) is 63.2 Å². The fraction of sp³-hybridized carbons (Fsp3) is 0.462. The molecule has 0 radical (unpaired) electrons. The highest BCUT2D eigenvalue weighted by molar-refractivity contribution is 7.92. The van der Waals surface area contributed by atoms with E-state index in [1.54, 1.807) is 19.1 Å². The molecule has 192 valence electrons. The van der Waals surface area contributed by atoms with Crippen molar-refractivity contribution in [3.63, 3.8) is 0 Å². The van der Waals surface area contributed by atoms with E-state index in [0.717, 1.165) is 16.7 Å². The molecular weight excluding hydrogens is 466 g/mol. The number of carbonyl (C=O) groups excluding carboxylic acids is 2. The van der Waals surface area contributed by atoms with Gasteiger partial charge in [-0.2, -0.15) is 0 Å². The van der Waals surface area contributed by atoms with Crippen molar-refractivity contribution in [3.05, 3.63) is 59.2 Å². The third-order valence-electron chi connectivity index (χ3n) is 5.93. The lowest BCUT2D eigenvalue weighted by molar-refractivity contribution is -0.141. The van der Waals surface area contributed by atoms with Crippen LogP contribution in [-0.4, -0.2) is 58.1 Å². The molecule has 0 aromatic heterocycles. The van der Waals surface area contributed by atoms with Crippen molar-refractivity contribution in [1.82, 2.24) is 10.2 Å². The number of amides is 2. The third kappa shape index (κ3) is 7.71. The first kappa shape index (κ1) is 28.2. The number of ether oxygens (including phenoxy) is 1. The molecule has 0 spiro atoms. The molecule has 0 aliphatic carbocycles. The lowest BCUT2D eigenvalue weighted by Gasteiger charge is -2.31. The predicted molar refractivity (Wildman–Crippen MR) is 139 cm³/mol. The number of benzene rings is 2. The van der Waals surface area contributed by atoms with E-state index in [2.05, 4.69) is 5.32 Å². The standard InChI is InChI=1S/C26H37N3O5S/c1-7-23(26(31)27-4)28(18-21-12-14-22(34-5)15-13-21)25(30)9-8-16-29(35(6,32)33)24-17-19(2)10-11-20(24)3/h10-15,17,23H,7-9,16,18H2,1-6H3,(H,27,31)/t23-/m1/s1. The summed E-state index contributed by atoms with van der Waals surface area (Å²) < 4.78 is 31.7. The number of sulfonamides is 1. The molecular formula is C26H37N3O5S. The van der Waals surface area contributed by atoms with Gasteiger partial charge in [0.1, 0.15) is 11.8 Å². The van der Waals surface area contributed by atoms with Gasteiger partial charge in [0.25, 0.3) is 0 Å². The SMILES string of the molecule is CC[C@H](C(=O)NC)N(Cc1ccc(OC)cc1)C(=O)CCCN(c1cc(C)ccc1C)S(C)(=O)=O. The Bertz CT molecular complexity index is 1120. The summed E-state index contributed by atoms with van der Waals surface area (Å²) in [6.07, 6.45) is 2.06. The molecule has 0 aliphatic rings. The Morgan fingerprint density at radius 3 is 2.29 bits per heavy atom. The van der Waals surface area contributed by atoms with Crippen LogP contribution in [0.5, 0.6) is 5.75 Å². The minimum atomic E-state index is -3.54. The lowest BCUT2D eigenvalue weighted by atomic mass is 10.1. The Morgan fingerprint density at radius 2 is 1.74 bits per heavy atom. The molecule has 1 N–H and O–H groups in total. The average Bonchev–Trinajstić information content (AvgIpc) is 2.82. The zero-order chi connectivity index (χ0) is 26.2. The fourth-order valence-corrected chi connectivity index (χ4v) is 5.00. The van der Waals surface area contributed by atoms with Crippen LogP contribution in [0.1, 0.15) is 42.9 Å². The number of methoxy groups -OCH3 is 1. The molecule has 8 nitrogen and oxygen atoms in total. The second-order valence-corrected chi connectivity index (χ2v) is 10.5. The van der Waals surface area contributed by atoms with E-state index in [1.165, 1.54) is 10.6 Å². The predicted octanol–water partition coefficient (Wildman–Crippen LogP) is 3.41. The van der Waals surface area contributed by atoms with Gasteiger partial charge < -0.3 is 15.0 Å². The first-order valence-corrected chi connectivity index (χ1v) is 13.6. The Hall–Kier alpha value is -3.07. The van der Waals surface area contributed by atoms with E-state index < -0.39 is 16.1 Å². The topological polar surface area (TPSA) is 96.0 Å². The van der Waals surface area contributed by atoms with Crippen LogP contribution in [0, 0.1) is 13.8 Å². The molecule has 0 saturated carbocycles. The van der Waals surface area contributed by atoms with Crippen LogP contribution < -0.4 is 14.4 Å². The molecule has 9 heteroatoms. The molecule has 0 heterocycles. The lowest BCUT2D eigenvalue weighted by Crippen LogP contribution is -2.48. The maximum absolute atomic E-state index is 13.3. The number of hydrogen-bond donors (Lipinski definition) is 1. The van der Waals surface area contributed by atoms with Gasteiger partial charge in [-0.15, -0.1) is 0 Å². The monoisotopic (exact) mass is 503 g/mol. The molecule has 0 saturated heterocycles. The molecule has 2 rings (SSSR count). The number of nitrogens with zero attached hydrogens (tertiary/aromatic N) is 2. The van der Waals surface area contributed by atoms with Crippen LogP contribution in [0.25, 0.3) is 0 Å².